The molecular formula is C28H26N6O3S2. The zero-order valence-electron chi connectivity index (χ0n) is 21.6. The zero-order chi connectivity index (χ0) is 27.4. The number of carbonyl (C=O) groups excluding carboxylic acids is 2. The van der Waals surface area contributed by atoms with Gasteiger partial charge in [0.1, 0.15) is 5.75 Å². The lowest BCUT2D eigenvalue weighted by atomic mass is 10.1. The van der Waals surface area contributed by atoms with Gasteiger partial charge in [-0.25, -0.2) is 4.98 Å². The first-order chi connectivity index (χ1) is 18.9. The lowest BCUT2D eigenvalue weighted by molar-refractivity contribution is -0.113. The molecule has 0 fully saturated rings. The van der Waals surface area contributed by atoms with Crippen molar-refractivity contribution in [3.8, 4) is 11.4 Å². The standard InChI is InChI=1S/C28H26N6O3S2/c1-17-7-6-9-22(18(17)2)34-24(15-29-26(36)19-11-13-20(37-3)14-12-19)32-33-28(34)38-16-25(35)31-27-30-21-8-4-5-10-23(21)39-27/h4-14H,15-16H2,1-3H3,(H,29,36)(H,30,31,35). The number of aromatic nitrogens is 4. The molecule has 5 aromatic rings. The molecule has 11 heteroatoms. The Labute approximate surface area is 233 Å². The van der Waals surface area contributed by atoms with Crippen molar-refractivity contribution < 1.29 is 14.3 Å². The molecule has 2 heterocycles. The molecule has 0 atom stereocenters. The van der Waals surface area contributed by atoms with Crippen LogP contribution >= 0.6 is 23.1 Å². The van der Waals surface area contributed by atoms with Gasteiger partial charge in [-0.15, -0.1) is 10.2 Å². The predicted octanol–water partition coefficient (Wildman–Crippen LogP) is 5.16. The van der Waals surface area contributed by atoms with E-state index in [0.29, 0.717) is 27.4 Å². The summed E-state index contributed by atoms with van der Waals surface area (Å²) in [6, 6.07) is 20.6. The number of methoxy groups -OCH3 is 1. The zero-order valence-corrected chi connectivity index (χ0v) is 23.2. The molecule has 0 radical (unpaired) electrons. The van der Waals surface area contributed by atoms with Gasteiger partial charge in [0, 0.05) is 5.56 Å². The maximum absolute atomic E-state index is 12.8. The number of rotatable bonds is 9. The second kappa shape index (κ2) is 11.7. The first-order valence-corrected chi connectivity index (χ1v) is 13.9. The number of fused-ring (bicyclic) bond motifs is 1. The summed E-state index contributed by atoms with van der Waals surface area (Å²) in [6.07, 6.45) is 0. The van der Waals surface area contributed by atoms with Gasteiger partial charge in [-0.05, 0) is 67.4 Å². The first-order valence-electron chi connectivity index (χ1n) is 12.1. The molecule has 0 unspecified atom stereocenters. The molecule has 5 rings (SSSR count). The van der Waals surface area contributed by atoms with Crippen molar-refractivity contribution in [1.82, 2.24) is 25.1 Å². The van der Waals surface area contributed by atoms with Gasteiger partial charge in [0.05, 0.1) is 35.3 Å². The lowest BCUT2D eigenvalue weighted by Crippen LogP contribution is -2.24. The van der Waals surface area contributed by atoms with E-state index in [1.54, 1.807) is 31.4 Å². The third-order valence-electron chi connectivity index (χ3n) is 6.15. The van der Waals surface area contributed by atoms with E-state index < -0.39 is 0 Å². The Balaban J connectivity index is 1.33. The summed E-state index contributed by atoms with van der Waals surface area (Å²) in [5.74, 6) is 0.924. The largest absolute Gasteiger partial charge is 0.497 e. The number of ether oxygens (including phenoxy) is 1. The second-order valence-electron chi connectivity index (χ2n) is 8.69. The van der Waals surface area contributed by atoms with Gasteiger partial charge in [-0.1, -0.05) is 47.4 Å². The van der Waals surface area contributed by atoms with Gasteiger partial charge in [0.25, 0.3) is 5.91 Å². The molecular weight excluding hydrogens is 532 g/mol. The summed E-state index contributed by atoms with van der Waals surface area (Å²) >= 11 is 2.71. The highest BCUT2D eigenvalue weighted by Crippen LogP contribution is 2.28. The predicted molar refractivity (Wildman–Crippen MR) is 154 cm³/mol. The molecule has 0 aliphatic heterocycles. The maximum Gasteiger partial charge on any atom is 0.251 e. The summed E-state index contributed by atoms with van der Waals surface area (Å²) < 4.78 is 8.07. The van der Waals surface area contributed by atoms with Gasteiger partial charge in [0.2, 0.25) is 5.91 Å². The molecule has 0 spiro atoms. The SMILES string of the molecule is COc1ccc(C(=O)NCc2nnc(SCC(=O)Nc3nc4ccccc4s3)n2-c2cccc(C)c2C)cc1. The van der Waals surface area contributed by atoms with Gasteiger partial charge in [-0.3, -0.25) is 14.2 Å². The number of anilines is 1. The average molecular weight is 559 g/mol. The van der Waals surface area contributed by atoms with E-state index in [9.17, 15) is 9.59 Å². The topological polar surface area (TPSA) is 111 Å². The van der Waals surface area contributed by atoms with E-state index in [0.717, 1.165) is 27.0 Å². The van der Waals surface area contributed by atoms with E-state index >= 15 is 0 Å². The third-order valence-corrected chi connectivity index (χ3v) is 8.03. The fraction of sp³-hybridized carbons (Fsp3) is 0.179. The molecule has 198 valence electrons. The van der Waals surface area contributed by atoms with Crippen LogP contribution in [0.15, 0.2) is 71.9 Å². The molecule has 0 saturated carbocycles. The second-order valence-corrected chi connectivity index (χ2v) is 10.7. The summed E-state index contributed by atoms with van der Waals surface area (Å²) in [7, 11) is 1.58. The van der Waals surface area contributed by atoms with Crippen LogP contribution in [-0.4, -0.2) is 44.4 Å². The summed E-state index contributed by atoms with van der Waals surface area (Å²) in [5.41, 5.74) is 4.42. The van der Waals surface area contributed by atoms with E-state index in [1.165, 1.54) is 23.1 Å². The van der Waals surface area contributed by atoms with E-state index in [2.05, 4.69) is 25.8 Å². The Hall–Kier alpha value is -4.22. The van der Waals surface area contributed by atoms with Crippen LogP contribution in [0, 0.1) is 13.8 Å². The number of aryl methyl sites for hydroxylation is 1. The quantitative estimate of drug-likeness (QED) is 0.240. The Morgan fingerprint density at radius 2 is 1.79 bits per heavy atom. The minimum atomic E-state index is -0.238. The van der Waals surface area contributed by atoms with Gasteiger partial charge in [-0.2, -0.15) is 0 Å². The minimum absolute atomic E-state index is 0.122. The maximum atomic E-state index is 12.8. The molecule has 39 heavy (non-hydrogen) atoms. The minimum Gasteiger partial charge on any atom is -0.497 e. The smallest absolute Gasteiger partial charge is 0.251 e. The van der Waals surface area contributed by atoms with Crippen LogP contribution in [0.3, 0.4) is 0 Å². The number of amides is 2. The molecule has 3 aromatic carbocycles. The van der Waals surface area contributed by atoms with E-state index in [4.69, 9.17) is 4.74 Å². The van der Waals surface area contributed by atoms with Crippen molar-refractivity contribution in [2.24, 2.45) is 0 Å². The van der Waals surface area contributed by atoms with E-state index in [1.807, 2.05) is 60.9 Å². The van der Waals surface area contributed by atoms with Crippen LogP contribution in [0.2, 0.25) is 0 Å². The number of benzene rings is 3. The number of thioether (sulfide) groups is 1. The number of nitrogens with one attached hydrogen (secondary N) is 2. The Kier molecular flexibility index (Phi) is 7.89. The molecule has 9 nitrogen and oxygen atoms in total. The highest BCUT2D eigenvalue weighted by molar-refractivity contribution is 7.99. The van der Waals surface area contributed by atoms with Crippen LogP contribution in [0.4, 0.5) is 5.13 Å². The van der Waals surface area contributed by atoms with Gasteiger partial charge >= 0.3 is 0 Å². The highest BCUT2D eigenvalue weighted by atomic mass is 32.2. The fourth-order valence-electron chi connectivity index (χ4n) is 3.94. The highest BCUT2D eigenvalue weighted by Gasteiger charge is 2.19. The van der Waals surface area contributed by atoms with Crippen molar-refractivity contribution in [2.45, 2.75) is 25.5 Å². The van der Waals surface area contributed by atoms with Crippen molar-refractivity contribution >= 4 is 50.3 Å². The van der Waals surface area contributed by atoms with Crippen molar-refractivity contribution in [3.05, 3.63) is 89.2 Å². The fourth-order valence-corrected chi connectivity index (χ4v) is 5.59. The molecule has 0 saturated heterocycles. The Morgan fingerprint density at radius 1 is 1.00 bits per heavy atom. The molecule has 0 aliphatic carbocycles. The number of carbonyl (C=O) groups is 2. The van der Waals surface area contributed by atoms with E-state index in [-0.39, 0.29) is 24.1 Å². The van der Waals surface area contributed by atoms with Crippen LogP contribution in [0.25, 0.3) is 15.9 Å². The van der Waals surface area contributed by atoms with Crippen molar-refractivity contribution in [2.75, 3.05) is 18.2 Å². The Bertz CT molecular complexity index is 1610. The number of hydrogen-bond acceptors (Lipinski definition) is 8. The van der Waals surface area contributed by atoms with Gasteiger partial charge < -0.3 is 15.4 Å². The molecule has 2 N–H and O–H groups in total. The summed E-state index contributed by atoms with van der Waals surface area (Å²) in [5, 5.41) is 15.6. The number of nitrogens with zero attached hydrogens (tertiary/aromatic N) is 4. The van der Waals surface area contributed by atoms with Crippen LogP contribution < -0.4 is 15.4 Å². The lowest BCUT2D eigenvalue weighted by Gasteiger charge is -2.15. The molecule has 2 amide bonds. The molecule has 0 bridgehead atoms. The molecule has 2 aromatic heterocycles. The van der Waals surface area contributed by atoms with Crippen LogP contribution in [0.5, 0.6) is 5.75 Å². The average Bonchev–Trinajstić information content (AvgIpc) is 3.55. The summed E-state index contributed by atoms with van der Waals surface area (Å²) in [6.45, 7) is 4.22. The van der Waals surface area contributed by atoms with Crippen LogP contribution in [0.1, 0.15) is 27.3 Å². The summed E-state index contributed by atoms with van der Waals surface area (Å²) in [4.78, 5) is 30.0. The number of thiazole rings is 1. The van der Waals surface area contributed by atoms with Crippen molar-refractivity contribution in [3.63, 3.8) is 0 Å². The van der Waals surface area contributed by atoms with Gasteiger partial charge in [0.15, 0.2) is 16.1 Å². The normalized spacial score (nSPS) is 10.9. The monoisotopic (exact) mass is 558 g/mol. The first kappa shape index (κ1) is 26.4. The van der Waals surface area contributed by atoms with Crippen LogP contribution in [-0.2, 0) is 11.3 Å². The Morgan fingerprint density at radius 3 is 2.56 bits per heavy atom. The number of para-hydroxylation sites is 1. The molecule has 0 aliphatic rings. The third kappa shape index (κ3) is 5.94. The number of hydrogen-bond donors (Lipinski definition) is 2. The van der Waals surface area contributed by atoms with Crippen molar-refractivity contribution in [1.29, 1.82) is 0 Å².